The van der Waals surface area contributed by atoms with Crippen molar-refractivity contribution < 1.29 is 0 Å². The van der Waals surface area contributed by atoms with Crippen LogP contribution in [-0.4, -0.2) is 15.0 Å². The number of benzene rings is 7. The number of thiophene rings is 1. The average Bonchev–Trinajstić information content (AvgIpc) is 3.50. The molecule has 0 unspecified atom stereocenters. The molecular formula is C41H25N3S. The predicted octanol–water partition coefficient (Wildman–Crippen LogP) is 11.2. The van der Waals surface area contributed by atoms with Gasteiger partial charge in [-0.25, -0.2) is 15.0 Å². The van der Waals surface area contributed by atoms with Crippen LogP contribution < -0.4 is 0 Å². The molecule has 210 valence electrons. The van der Waals surface area contributed by atoms with Crippen LogP contribution in [0.25, 0.3) is 87.0 Å². The molecule has 0 N–H and O–H groups in total. The molecule has 0 atom stereocenters. The summed E-state index contributed by atoms with van der Waals surface area (Å²) in [6.07, 6.45) is 0. The zero-order valence-corrected chi connectivity index (χ0v) is 25.0. The van der Waals surface area contributed by atoms with Gasteiger partial charge in [0.2, 0.25) is 0 Å². The second kappa shape index (κ2) is 10.5. The zero-order chi connectivity index (χ0) is 29.7. The van der Waals surface area contributed by atoms with E-state index in [1.54, 1.807) is 0 Å². The SMILES string of the molecule is c1ccc(-c2nc(-c3ccccc3)nc(-c3cc(-c4ccc5c(ccc6ccccc65)c4)c4c(c3)sc3ccccc34)n2)cc1. The third-order valence-electron chi connectivity index (χ3n) is 8.49. The predicted molar refractivity (Wildman–Crippen MR) is 189 cm³/mol. The fourth-order valence-electron chi connectivity index (χ4n) is 6.33. The molecule has 0 amide bonds. The quantitative estimate of drug-likeness (QED) is 0.191. The van der Waals surface area contributed by atoms with E-state index in [-0.39, 0.29) is 0 Å². The number of hydrogen-bond acceptors (Lipinski definition) is 4. The van der Waals surface area contributed by atoms with Gasteiger partial charge >= 0.3 is 0 Å². The minimum atomic E-state index is 0.662. The van der Waals surface area contributed by atoms with Gasteiger partial charge in [-0.15, -0.1) is 11.3 Å². The van der Waals surface area contributed by atoms with Gasteiger partial charge in [0.15, 0.2) is 17.5 Å². The summed E-state index contributed by atoms with van der Waals surface area (Å²) >= 11 is 1.81. The molecule has 0 radical (unpaired) electrons. The Balaban J connectivity index is 1.31. The summed E-state index contributed by atoms with van der Waals surface area (Å²) in [7, 11) is 0. The molecule has 0 aliphatic heterocycles. The van der Waals surface area contributed by atoms with E-state index in [2.05, 4.69) is 91.0 Å². The lowest BCUT2D eigenvalue weighted by molar-refractivity contribution is 1.07. The van der Waals surface area contributed by atoms with Gasteiger partial charge in [0, 0.05) is 36.9 Å². The van der Waals surface area contributed by atoms with Crippen LogP contribution in [0, 0.1) is 0 Å². The molecule has 0 saturated heterocycles. The summed E-state index contributed by atoms with van der Waals surface area (Å²) < 4.78 is 2.48. The van der Waals surface area contributed by atoms with E-state index in [4.69, 9.17) is 15.0 Å². The zero-order valence-electron chi connectivity index (χ0n) is 24.2. The Kier molecular flexibility index (Phi) is 6.00. The highest BCUT2D eigenvalue weighted by Crippen LogP contribution is 2.43. The molecule has 0 fully saturated rings. The molecule has 9 aromatic rings. The lowest BCUT2D eigenvalue weighted by Crippen LogP contribution is -2.00. The molecule has 0 aliphatic carbocycles. The van der Waals surface area contributed by atoms with Crippen molar-refractivity contribution in [2.75, 3.05) is 0 Å². The van der Waals surface area contributed by atoms with Gasteiger partial charge in [0.05, 0.1) is 0 Å². The second-order valence-corrected chi connectivity index (χ2v) is 12.3. The summed E-state index contributed by atoms with van der Waals surface area (Å²) in [5.74, 6) is 1.99. The minimum absolute atomic E-state index is 0.662. The van der Waals surface area contributed by atoms with E-state index >= 15 is 0 Å². The van der Waals surface area contributed by atoms with Crippen LogP contribution >= 0.6 is 11.3 Å². The first-order valence-corrected chi connectivity index (χ1v) is 15.8. The average molecular weight is 592 g/mol. The smallest absolute Gasteiger partial charge is 0.164 e. The fraction of sp³-hybridized carbons (Fsp3) is 0. The van der Waals surface area contributed by atoms with Crippen LogP contribution in [0.2, 0.25) is 0 Å². The maximum Gasteiger partial charge on any atom is 0.164 e. The minimum Gasteiger partial charge on any atom is -0.208 e. The number of rotatable bonds is 4. The van der Waals surface area contributed by atoms with Gasteiger partial charge in [0.1, 0.15) is 0 Å². The summed E-state index contributed by atoms with van der Waals surface area (Å²) in [5, 5.41) is 7.54. The fourth-order valence-corrected chi connectivity index (χ4v) is 7.50. The van der Waals surface area contributed by atoms with Gasteiger partial charge in [-0.3, -0.25) is 0 Å². The first-order chi connectivity index (χ1) is 22.3. The second-order valence-electron chi connectivity index (χ2n) is 11.3. The monoisotopic (exact) mass is 591 g/mol. The Labute approximate surface area is 264 Å². The summed E-state index contributed by atoms with van der Waals surface area (Å²) in [6.45, 7) is 0. The molecule has 0 spiro atoms. The topological polar surface area (TPSA) is 38.7 Å². The van der Waals surface area contributed by atoms with Gasteiger partial charge in [0.25, 0.3) is 0 Å². The van der Waals surface area contributed by atoms with Crippen LogP contribution in [-0.2, 0) is 0 Å². The maximum atomic E-state index is 5.06. The third kappa shape index (κ3) is 4.46. The van der Waals surface area contributed by atoms with E-state index in [1.165, 1.54) is 52.8 Å². The summed E-state index contributed by atoms with van der Waals surface area (Å²) in [4.78, 5) is 15.0. The standard InChI is InChI=1S/C41H25N3S/c1-3-12-27(13-4-1)39-42-40(28-14-5-2-6-15-28)44-41(43-39)31-24-35(38-34-17-9-10-18-36(34)45-37(38)25-31)30-21-22-33-29(23-30)20-19-26-11-7-8-16-32(26)33/h1-25H. The van der Waals surface area contributed by atoms with Crippen LogP contribution in [0.4, 0.5) is 0 Å². The molecule has 0 saturated carbocycles. The molecule has 0 bridgehead atoms. The maximum absolute atomic E-state index is 5.06. The molecule has 2 heterocycles. The van der Waals surface area contributed by atoms with Crippen molar-refractivity contribution in [3.05, 3.63) is 152 Å². The Hall–Kier alpha value is -5.71. The van der Waals surface area contributed by atoms with E-state index in [0.29, 0.717) is 17.5 Å². The molecule has 3 nitrogen and oxygen atoms in total. The normalized spacial score (nSPS) is 11.6. The van der Waals surface area contributed by atoms with Crippen LogP contribution in [0.5, 0.6) is 0 Å². The Morgan fingerprint density at radius 3 is 1.67 bits per heavy atom. The van der Waals surface area contributed by atoms with Crippen LogP contribution in [0.3, 0.4) is 0 Å². The van der Waals surface area contributed by atoms with E-state index in [0.717, 1.165) is 16.7 Å². The van der Waals surface area contributed by atoms with Gasteiger partial charge < -0.3 is 0 Å². The molecule has 45 heavy (non-hydrogen) atoms. The molecule has 9 rings (SSSR count). The molecule has 2 aromatic heterocycles. The number of hydrogen-bond donors (Lipinski definition) is 0. The first kappa shape index (κ1) is 25.8. The molecular weight excluding hydrogens is 567 g/mol. The summed E-state index contributed by atoms with van der Waals surface area (Å²) in [6, 6.07) is 53.4. The molecule has 7 aromatic carbocycles. The highest BCUT2D eigenvalue weighted by atomic mass is 32.1. The van der Waals surface area contributed by atoms with Gasteiger partial charge in [-0.1, -0.05) is 127 Å². The van der Waals surface area contributed by atoms with E-state index in [1.807, 2.05) is 72.0 Å². The summed E-state index contributed by atoms with van der Waals surface area (Å²) in [5.41, 5.74) is 5.25. The number of aromatic nitrogens is 3. The van der Waals surface area contributed by atoms with Crippen LogP contribution in [0.15, 0.2) is 152 Å². The van der Waals surface area contributed by atoms with Crippen molar-refractivity contribution in [1.82, 2.24) is 15.0 Å². The van der Waals surface area contributed by atoms with E-state index < -0.39 is 0 Å². The molecule has 4 heteroatoms. The lowest BCUT2D eigenvalue weighted by atomic mass is 9.93. The van der Waals surface area contributed by atoms with Crippen molar-refractivity contribution in [3.63, 3.8) is 0 Å². The van der Waals surface area contributed by atoms with E-state index in [9.17, 15) is 0 Å². The Morgan fingerprint density at radius 2 is 0.933 bits per heavy atom. The third-order valence-corrected chi connectivity index (χ3v) is 9.61. The Morgan fingerprint density at radius 1 is 0.356 bits per heavy atom. The van der Waals surface area contributed by atoms with Crippen molar-refractivity contribution in [1.29, 1.82) is 0 Å². The molecule has 0 aliphatic rings. The number of fused-ring (bicyclic) bond motifs is 6. The van der Waals surface area contributed by atoms with Crippen molar-refractivity contribution in [3.8, 4) is 45.3 Å². The van der Waals surface area contributed by atoms with Gasteiger partial charge in [-0.2, -0.15) is 0 Å². The van der Waals surface area contributed by atoms with Crippen molar-refractivity contribution in [2.24, 2.45) is 0 Å². The van der Waals surface area contributed by atoms with Gasteiger partial charge in [-0.05, 0) is 56.9 Å². The lowest BCUT2D eigenvalue weighted by Gasteiger charge is -2.12. The first-order valence-electron chi connectivity index (χ1n) is 15.0. The van der Waals surface area contributed by atoms with Crippen molar-refractivity contribution >= 4 is 53.1 Å². The Bertz CT molecular complexity index is 2480. The highest BCUT2D eigenvalue weighted by Gasteiger charge is 2.18. The van der Waals surface area contributed by atoms with Crippen molar-refractivity contribution in [2.45, 2.75) is 0 Å². The number of nitrogens with zero attached hydrogens (tertiary/aromatic N) is 3. The van der Waals surface area contributed by atoms with Crippen LogP contribution in [0.1, 0.15) is 0 Å². The largest absolute Gasteiger partial charge is 0.208 e. The highest BCUT2D eigenvalue weighted by molar-refractivity contribution is 7.26.